The molecule has 0 aliphatic heterocycles. The molecule has 0 bridgehead atoms. The van der Waals surface area contributed by atoms with Gasteiger partial charge in [0, 0.05) is 5.92 Å². The summed E-state index contributed by atoms with van der Waals surface area (Å²) in [5.41, 5.74) is 5.91. The van der Waals surface area contributed by atoms with Crippen LogP contribution in [0.5, 0.6) is 0 Å². The van der Waals surface area contributed by atoms with Crippen LogP contribution in [0.4, 0.5) is 0 Å². The number of benzene rings is 2. The quantitative estimate of drug-likeness (QED) is 0.489. The summed E-state index contributed by atoms with van der Waals surface area (Å²) in [6.07, 6.45) is 2.35. The van der Waals surface area contributed by atoms with Crippen molar-refractivity contribution in [2.45, 2.75) is 25.7 Å². The van der Waals surface area contributed by atoms with Gasteiger partial charge in [-0.3, -0.25) is 0 Å². The minimum absolute atomic E-state index is 0.511. The van der Waals surface area contributed by atoms with E-state index < -0.39 is 0 Å². The van der Waals surface area contributed by atoms with Crippen molar-refractivity contribution in [3.8, 4) is 0 Å². The number of oxime groups is 1. The predicted molar refractivity (Wildman–Crippen MR) is 77.0 cm³/mol. The van der Waals surface area contributed by atoms with Crippen LogP contribution >= 0.6 is 0 Å². The summed E-state index contributed by atoms with van der Waals surface area (Å²) >= 11 is 0. The van der Waals surface area contributed by atoms with Crippen molar-refractivity contribution in [3.63, 3.8) is 0 Å². The highest BCUT2D eigenvalue weighted by Gasteiger charge is 2.23. The van der Waals surface area contributed by atoms with Crippen LogP contribution < -0.4 is 0 Å². The van der Waals surface area contributed by atoms with Crippen molar-refractivity contribution in [2.24, 2.45) is 5.16 Å². The van der Waals surface area contributed by atoms with Crippen molar-refractivity contribution in [1.29, 1.82) is 0 Å². The van der Waals surface area contributed by atoms with Gasteiger partial charge in [-0.05, 0) is 42.0 Å². The first-order valence-corrected chi connectivity index (χ1v) is 6.66. The van der Waals surface area contributed by atoms with E-state index in [2.05, 4.69) is 41.6 Å². The van der Waals surface area contributed by atoms with Crippen LogP contribution in [0.25, 0.3) is 0 Å². The van der Waals surface area contributed by atoms with Gasteiger partial charge in [0.1, 0.15) is 0 Å². The second-order valence-electron chi connectivity index (χ2n) is 5.10. The Labute approximate surface area is 113 Å². The Bertz CT molecular complexity index is 613. The summed E-state index contributed by atoms with van der Waals surface area (Å²) in [5.74, 6) is 0.511. The molecule has 0 aromatic heterocycles. The van der Waals surface area contributed by atoms with Gasteiger partial charge in [0.25, 0.3) is 0 Å². The lowest BCUT2D eigenvalue weighted by Crippen LogP contribution is -1.98. The average Bonchev–Trinajstić information content (AvgIpc) is 2.90. The normalized spacial score (nSPS) is 18.4. The summed E-state index contributed by atoms with van der Waals surface area (Å²) in [7, 11) is 0. The lowest BCUT2D eigenvalue weighted by atomic mass is 9.92. The zero-order valence-corrected chi connectivity index (χ0v) is 11.0. The molecule has 1 N–H and O–H groups in total. The summed E-state index contributed by atoms with van der Waals surface area (Å²) in [6.45, 7) is 1.81. The van der Waals surface area contributed by atoms with E-state index in [0.29, 0.717) is 11.6 Å². The first-order chi connectivity index (χ1) is 9.29. The third-order valence-corrected chi connectivity index (χ3v) is 4.01. The fourth-order valence-corrected chi connectivity index (χ4v) is 2.92. The van der Waals surface area contributed by atoms with Crippen molar-refractivity contribution in [1.82, 2.24) is 0 Å². The van der Waals surface area contributed by atoms with Crippen molar-refractivity contribution < 1.29 is 5.21 Å². The molecule has 1 unspecified atom stereocenters. The predicted octanol–water partition coefficient (Wildman–Crippen LogP) is 3.96. The second kappa shape index (κ2) is 4.88. The maximum atomic E-state index is 8.79. The monoisotopic (exact) mass is 251 g/mol. The van der Waals surface area contributed by atoms with Gasteiger partial charge in [-0.15, -0.1) is 0 Å². The van der Waals surface area contributed by atoms with E-state index in [4.69, 9.17) is 5.21 Å². The van der Waals surface area contributed by atoms with Gasteiger partial charge in [0.05, 0.1) is 5.71 Å². The first-order valence-electron chi connectivity index (χ1n) is 6.66. The number of fused-ring (bicyclic) bond motifs is 1. The smallest absolute Gasteiger partial charge is 0.0836 e. The lowest BCUT2D eigenvalue weighted by molar-refractivity contribution is 0.319. The largest absolute Gasteiger partial charge is 0.411 e. The summed E-state index contributed by atoms with van der Waals surface area (Å²) in [5, 5.41) is 12.0. The molecule has 0 amide bonds. The van der Waals surface area contributed by atoms with Gasteiger partial charge >= 0.3 is 0 Å². The van der Waals surface area contributed by atoms with Crippen LogP contribution in [-0.4, -0.2) is 10.9 Å². The van der Waals surface area contributed by atoms with Gasteiger partial charge < -0.3 is 5.21 Å². The van der Waals surface area contributed by atoms with Crippen molar-refractivity contribution in [3.05, 3.63) is 70.8 Å². The van der Waals surface area contributed by atoms with Crippen LogP contribution in [-0.2, 0) is 6.42 Å². The second-order valence-corrected chi connectivity index (χ2v) is 5.10. The fourth-order valence-electron chi connectivity index (χ4n) is 2.92. The van der Waals surface area contributed by atoms with Crippen molar-refractivity contribution in [2.75, 3.05) is 0 Å². The molecule has 1 aliphatic rings. The fraction of sp³-hybridized carbons (Fsp3) is 0.235. The summed E-state index contributed by atoms with van der Waals surface area (Å²) in [6, 6.07) is 17.1. The Hall–Kier alpha value is -2.09. The molecule has 0 saturated carbocycles. The maximum Gasteiger partial charge on any atom is 0.0836 e. The Kier molecular flexibility index (Phi) is 3.08. The zero-order chi connectivity index (χ0) is 13.2. The van der Waals surface area contributed by atoms with Gasteiger partial charge in [0.15, 0.2) is 0 Å². The van der Waals surface area contributed by atoms with Crippen molar-refractivity contribution >= 4 is 5.71 Å². The molecule has 0 fully saturated rings. The minimum atomic E-state index is 0.511. The van der Waals surface area contributed by atoms with E-state index in [1.165, 1.54) is 29.5 Å². The van der Waals surface area contributed by atoms with Gasteiger partial charge in [-0.1, -0.05) is 53.7 Å². The molecule has 0 heterocycles. The highest BCUT2D eigenvalue weighted by Crippen LogP contribution is 2.37. The molecule has 1 aliphatic carbocycles. The number of rotatable bonds is 2. The van der Waals surface area contributed by atoms with Gasteiger partial charge in [-0.25, -0.2) is 0 Å². The Morgan fingerprint density at radius 3 is 2.58 bits per heavy atom. The maximum absolute atomic E-state index is 8.79. The summed E-state index contributed by atoms with van der Waals surface area (Å²) < 4.78 is 0. The van der Waals surface area contributed by atoms with Crippen LogP contribution in [0.3, 0.4) is 0 Å². The molecule has 19 heavy (non-hydrogen) atoms. The van der Waals surface area contributed by atoms with E-state index >= 15 is 0 Å². The van der Waals surface area contributed by atoms with E-state index in [1.54, 1.807) is 6.92 Å². The number of hydrogen-bond donors (Lipinski definition) is 1. The number of nitrogens with zero attached hydrogens (tertiary/aromatic N) is 1. The Morgan fingerprint density at radius 2 is 1.84 bits per heavy atom. The molecule has 96 valence electrons. The molecular weight excluding hydrogens is 234 g/mol. The van der Waals surface area contributed by atoms with E-state index in [9.17, 15) is 0 Å². The highest BCUT2D eigenvalue weighted by atomic mass is 16.4. The Balaban J connectivity index is 1.92. The third-order valence-electron chi connectivity index (χ3n) is 4.01. The summed E-state index contributed by atoms with van der Waals surface area (Å²) in [4.78, 5) is 0. The molecule has 0 spiro atoms. The third kappa shape index (κ3) is 2.14. The molecule has 0 saturated heterocycles. The minimum Gasteiger partial charge on any atom is -0.411 e. The number of hydrogen-bond acceptors (Lipinski definition) is 2. The molecular formula is C17H17NO. The molecule has 3 rings (SSSR count). The molecule has 0 radical (unpaired) electrons. The zero-order valence-electron chi connectivity index (χ0n) is 11.0. The van der Waals surface area contributed by atoms with E-state index in [0.717, 1.165) is 5.56 Å². The lowest BCUT2D eigenvalue weighted by Gasteiger charge is -2.12. The topological polar surface area (TPSA) is 32.6 Å². The average molecular weight is 251 g/mol. The standard InChI is InChI=1S/C17H17NO/c1-12(18-19)13-6-8-15(9-7-13)17-11-10-14-4-2-3-5-16(14)17/h2-9,17,19H,10-11H2,1H3. The van der Waals surface area contributed by atoms with E-state index in [-0.39, 0.29) is 0 Å². The molecule has 2 aromatic rings. The van der Waals surface area contributed by atoms with E-state index in [1.807, 2.05) is 12.1 Å². The first kappa shape index (κ1) is 12.0. The van der Waals surface area contributed by atoms with Gasteiger partial charge in [0.2, 0.25) is 0 Å². The molecule has 2 aromatic carbocycles. The van der Waals surface area contributed by atoms with Crippen LogP contribution in [0, 0.1) is 0 Å². The molecule has 2 nitrogen and oxygen atoms in total. The molecule has 2 heteroatoms. The van der Waals surface area contributed by atoms with Crippen LogP contribution in [0.15, 0.2) is 53.7 Å². The van der Waals surface area contributed by atoms with Crippen LogP contribution in [0.1, 0.15) is 41.5 Å². The Morgan fingerprint density at radius 1 is 1.11 bits per heavy atom. The highest BCUT2D eigenvalue weighted by molar-refractivity contribution is 5.98. The molecule has 1 atom stereocenters. The SMILES string of the molecule is CC(=NO)c1ccc(C2CCc3ccccc32)cc1. The van der Waals surface area contributed by atoms with Gasteiger partial charge in [-0.2, -0.15) is 0 Å². The number of aryl methyl sites for hydroxylation is 1. The van der Waals surface area contributed by atoms with Crippen LogP contribution in [0.2, 0.25) is 0 Å².